The lowest BCUT2D eigenvalue weighted by atomic mass is 10.3. The molecule has 6 nitrogen and oxygen atoms in total. The number of aromatic nitrogens is 1. The molecule has 0 saturated carbocycles. The third kappa shape index (κ3) is 3.38. The van der Waals surface area contributed by atoms with Crippen LogP contribution in [0.2, 0.25) is 0 Å². The number of fused-ring (bicyclic) bond motifs is 1. The summed E-state index contributed by atoms with van der Waals surface area (Å²) in [5, 5.41) is 1.16. The molecule has 24 heavy (non-hydrogen) atoms. The predicted octanol–water partition coefficient (Wildman–Crippen LogP) is 1.87. The maximum Gasteiger partial charge on any atom is 0.320 e. The van der Waals surface area contributed by atoms with Crippen molar-refractivity contribution in [1.29, 1.82) is 0 Å². The molecule has 0 aliphatic carbocycles. The Hall–Kier alpha value is -1.70. The lowest BCUT2D eigenvalue weighted by Crippen LogP contribution is -2.54. The number of carbonyl (C=O) groups is 1. The van der Waals surface area contributed by atoms with Gasteiger partial charge < -0.3 is 14.5 Å². The number of morpholine rings is 1. The highest BCUT2D eigenvalue weighted by Gasteiger charge is 2.26. The molecule has 2 aliphatic rings. The van der Waals surface area contributed by atoms with Gasteiger partial charge in [-0.3, -0.25) is 4.90 Å². The maximum absolute atomic E-state index is 12.5. The van der Waals surface area contributed by atoms with Crippen LogP contribution in [0, 0.1) is 0 Å². The number of thiazole rings is 1. The predicted molar refractivity (Wildman–Crippen MR) is 94.3 cm³/mol. The zero-order chi connectivity index (χ0) is 16.4. The van der Waals surface area contributed by atoms with Gasteiger partial charge in [0, 0.05) is 39.3 Å². The van der Waals surface area contributed by atoms with E-state index < -0.39 is 0 Å². The average molecular weight is 346 g/mol. The number of carbonyl (C=O) groups excluding carboxylic acids is 1. The van der Waals surface area contributed by atoms with Gasteiger partial charge in [-0.25, -0.2) is 9.78 Å². The second-order valence-corrected chi connectivity index (χ2v) is 7.34. The Kier molecular flexibility index (Phi) is 4.64. The van der Waals surface area contributed by atoms with E-state index in [4.69, 9.17) is 9.72 Å². The average Bonchev–Trinajstić information content (AvgIpc) is 3.05. The summed E-state index contributed by atoms with van der Waals surface area (Å²) in [5.41, 5.74) is 1.08. The number of urea groups is 1. The second-order valence-electron chi connectivity index (χ2n) is 6.22. The van der Waals surface area contributed by atoms with E-state index in [0.29, 0.717) is 26.3 Å². The van der Waals surface area contributed by atoms with Crippen LogP contribution in [0.5, 0.6) is 0 Å². The minimum absolute atomic E-state index is 0.165. The van der Waals surface area contributed by atoms with Crippen LogP contribution in [0.25, 0.3) is 10.2 Å². The summed E-state index contributed by atoms with van der Waals surface area (Å²) in [5.74, 6) is 0. The van der Waals surface area contributed by atoms with Gasteiger partial charge in [0.15, 0.2) is 0 Å². The van der Waals surface area contributed by atoms with Gasteiger partial charge in [0.1, 0.15) is 5.01 Å². The van der Waals surface area contributed by atoms with E-state index in [9.17, 15) is 4.79 Å². The van der Waals surface area contributed by atoms with Crippen LogP contribution in [0.3, 0.4) is 0 Å². The van der Waals surface area contributed by atoms with Gasteiger partial charge in [-0.2, -0.15) is 0 Å². The van der Waals surface area contributed by atoms with Crippen molar-refractivity contribution in [2.75, 3.05) is 52.5 Å². The number of amides is 2. The third-order valence-electron chi connectivity index (χ3n) is 4.62. The van der Waals surface area contributed by atoms with E-state index in [0.717, 1.165) is 43.2 Å². The Morgan fingerprint density at radius 3 is 2.50 bits per heavy atom. The highest BCUT2D eigenvalue weighted by atomic mass is 32.1. The van der Waals surface area contributed by atoms with Crippen LogP contribution in [0.4, 0.5) is 4.79 Å². The standard InChI is InChI=1S/C17H22N4O2S/c22-17(21-9-11-23-12-10-21)20-7-5-19(6-8-20)13-16-18-14-3-1-2-4-15(14)24-16/h1-4H,5-13H2. The van der Waals surface area contributed by atoms with Crippen molar-refractivity contribution in [3.8, 4) is 0 Å². The van der Waals surface area contributed by atoms with E-state index in [-0.39, 0.29) is 6.03 Å². The van der Waals surface area contributed by atoms with Crippen LogP contribution in [0.1, 0.15) is 5.01 Å². The van der Waals surface area contributed by atoms with E-state index >= 15 is 0 Å². The number of benzene rings is 1. The first-order valence-electron chi connectivity index (χ1n) is 8.48. The van der Waals surface area contributed by atoms with E-state index in [1.54, 1.807) is 11.3 Å². The fourth-order valence-electron chi connectivity index (χ4n) is 3.23. The summed E-state index contributed by atoms with van der Waals surface area (Å²) >= 11 is 1.77. The summed E-state index contributed by atoms with van der Waals surface area (Å²) in [6.45, 7) is 7.02. The summed E-state index contributed by atoms with van der Waals surface area (Å²) in [6.07, 6.45) is 0. The molecule has 1 aromatic heterocycles. The molecule has 0 atom stereocenters. The lowest BCUT2D eigenvalue weighted by molar-refractivity contribution is 0.0373. The third-order valence-corrected chi connectivity index (χ3v) is 5.64. The second kappa shape index (κ2) is 7.04. The number of ether oxygens (including phenoxy) is 1. The molecule has 0 spiro atoms. The normalized spacial score (nSPS) is 19.8. The Morgan fingerprint density at radius 2 is 1.75 bits per heavy atom. The smallest absolute Gasteiger partial charge is 0.320 e. The van der Waals surface area contributed by atoms with E-state index in [2.05, 4.69) is 23.1 Å². The zero-order valence-electron chi connectivity index (χ0n) is 13.7. The molecule has 0 bridgehead atoms. The molecule has 2 aromatic rings. The summed E-state index contributed by atoms with van der Waals surface area (Å²) in [4.78, 5) is 23.5. The van der Waals surface area contributed by atoms with E-state index in [1.807, 2.05) is 15.9 Å². The topological polar surface area (TPSA) is 48.9 Å². The van der Waals surface area contributed by atoms with Gasteiger partial charge in [-0.15, -0.1) is 11.3 Å². The zero-order valence-corrected chi connectivity index (χ0v) is 14.5. The van der Waals surface area contributed by atoms with Gasteiger partial charge in [0.05, 0.1) is 30.0 Å². The van der Waals surface area contributed by atoms with Gasteiger partial charge in [0.2, 0.25) is 0 Å². The van der Waals surface area contributed by atoms with Gasteiger partial charge >= 0.3 is 6.03 Å². The molecule has 4 rings (SSSR count). The molecule has 0 N–H and O–H groups in total. The van der Waals surface area contributed by atoms with Crippen molar-refractivity contribution in [2.45, 2.75) is 6.54 Å². The van der Waals surface area contributed by atoms with Crippen LogP contribution in [0.15, 0.2) is 24.3 Å². The quantitative estimate of drug-likeness (QED) is 0.833. The molecular weight excluding hydrogens is 324 g/mol. The van der Waals surface area contributed by atoms with Crippen molar-refractivity contribution < 1.29 is 9.53 Å². The maximum atomic E-state index is 12.5. The molecule has 2 saturated heterocycles. The monoisotopic (exact) mass is 346 g/mol. The van der Waals surface area contributed by atoms with Crippen LogP contribution in [-0.2, 0) is 11.3 Å². The minimum Gasteiger partial charge on any atom is -0.378 e. The van der Waals surface area contributed by atoms with Gasteiger partial charge in [0.25, 0.3) is 0 Å². The highest BCUT2D eigenvalue weighted by molar-refractivity contribution is 7.18. The molecule has 1 aromatic carbocycles. The Labute approximate surface area is 145 Å². The number of piperazine rings is 1. The lowest BCUT2D eigenvalue weighted by Gasteiger charge is -2.38. The van der Waals surface area contributed by atoms with Crippen molar-refractivity contribution in [1.82, 2.24) is 19.7 Å². The molecule has 2 fully saturated rings. The number of rotatable bonds is 2. The van der Waals surface area contributed by atoms with Crippen LogP contribution < -0.4 is 0 Å². The molecule has 128 valence electrons. The van der Waals surface area contributed by atoms with Gasteiger partial charge in [-0.1, -0.05) is 12.1 Å². The number of para-hydroxylation sites is 1. The largest absolute Gasteiger partial charge is 0.378 e. The number of nitrogens with zero attached hydrogens (tertiary/aromatic N) is 4. The Bertz CT molecular complexity index is 672. The number of hydrogen-bond acceptors (Lipinski definition) is 5. The first-order valence-corrected chi connectivity index (χ1v) is 9.30. The highest BCUT2D eigenvalue weighted by Crippen LogP contribution is 2.23. The van der Waals surface area contributed by atoms with Crippen LogP contribution >= 0.6 is 11.3 Å². The molecule has 0 radical (unpaired) electrons. The molecule has 0 unspecified atom stereocenters. The van der Waals surface area contributed by atoms with Gasteiger partial charge in [-0.05, 0) is 12.1 Å². The molecule has 2 aliphatic heterocycles. The summed E-state index contributed by atoms with van der Waals surface area (Å²) in [6, 6.07) is 8.43. The minimum atomic E-state index is 0.165. The molecule has 7 heteroatoms. The first kappa shape index (κ1) is 15.8. The fourth-order valence-corrected chi connectivity index (χ4v) is 4.24. The molecular formula is C17H22N4O2S. The van der Waals surface area contributed by atoms with Crippen molar-refractivity contribution in [3.05, 3.63) is 29.3 Å². The summed E-state index contributed by atoms with van der Waals surface area (Å²) < 4.78 is 6.56. The molecule has 2 amide bonds. The SMILES string of the molecule is O=C(N1CCOCC1)N1CCN(Cc2nc3ccccc3s2)CC1. The van der Waals surface area contributed by atoms with Crippen molar-refractivity contribution in [2.24, 2.45) is 0 Å². The number of hydrogen-bond donors (Lipinski definition) is 0. The Morgan fingerprint density at radius 1 is 1.04 bits per heavy atom. The fraction of sp³-hybridized carbons (Fsp3) is 0.529. The van der Waals surface area contributed by atoms with Crippen LogP contribution in [-0.4, -0.2) is 78.2 Å². The van der Waals surface area contributed by atoms with Crippen molar-refractivity contribution >= 4 is 27.6 Å². The van der Waals surface area contributed by atoms with Crippen molar-refractivity contribution in [3.63, 3.8) is 0 Å². The molecule has 3 heterocycles. The van der Waals surface area contributed by atoms with E-state index in [1.165, 1.54) is 4.70 Å². The summed E-state index contributed by atoms with van der Waals surface area (Å²) in [7, 11) is 0. The Balaban J connectivity index is 1.31. The first-order chi connectivity index (χ1) is 11.8.